The van der Waals surface area contributed by atoms with Gasteiger partial charge in [-0.2, -0.15) is 0 Å². The molecule has 3 aromatic carbocycles. The van der Waals surface area contributed by atoms with Crippen molar-refractivity contribution in [1.29, 1.82) is 0 Å². The van der Waals surface area contributed by atoms with Gasteiger partial charge in [-0.15, -0.1) is 0 Å². The first-order valence-electron chi connectivity index (χ1n) is 11.4. The Bertz CT molecular complexity index is 1480. The minimum atomic E-state index is -0.966. The lowest BCUT2D eigenvalue weighted by molar-refractivity contribution is 0.0665. The highest BCUT2D eigenvalue weighted by atomic mass is 35.5. The summed E-state index contributed by atoms with van der Waals surface area (Å²) in [5, 5.41) is 11.5. The van der Waals surface area contributed by atoms with Crippen LogP contribution < -0.4 is 4.74 Å². The van der Waals surface area contributed by atoms with Gasteiger partial charge in [0.25, 0.3) is 0 Å². The predicted octanol–water partition coefficient (Wildman–Crippen LogP) is 8.77. The van der Waals surface area contributed by atoms with Crippen molar-refractivity contribution in [2.24, 2.45) is 0 Å². The van der Waals surface area contributed by atoms with E-state index in [1.165, 1.54) is 0 Å². The molecule has 7 heteroatoms. The van der Waals surface area contributed by atoms with Crippen LogP contribution in [0.5, 0.6) is 5.88 Å². The first kappa shape index (κ1) is 24.6. The van der Waals surface area contributed by atoms with Crippen molar-refractivity contribution in [3.8, 4) is 28.3 Å². The van der Waals surface area contributed by atoms with Gasteiger partial charge in [-0.3, -0.25) is 0 Å². The van der Waals surface area contributed by atoms with E-state index in [9.17, 15) is 9.90 Å². The van der Waals surface area contributed by atoms with Crippen molar-refractivity contribution < 1.29 is 14.6 Å². The van der Waals surface area contributed by atoms with E-state index in [4.69, 9.17) is 44.5 Å². The minimum Gasteiger partial charge on any atom is -0.478 e. The molecular weight excluding hydrogens is 517 g/mol. The van der Waals surface area contributed by atoms with Gasteiger partial charge in [0.05, 0.1) is 16.3 Å². The van der Waals surface area contributed by atoms with E-state index in [1.54, 1.807) is 24.3 Å². The fourth-order valence-corrected chi connectivity index (χ4v) is 5.38. The number of halogens is 3. The van der Waals surface area contributed by atoms with Crippen molar-refractivity contribution in [3.05, 3.63) is 105 Å². The zero-order valence-corrected chi connectivity index (χ0v) is 21.8. The third kappa shape index (κ3) is 4.69. The third-order valence-corrected chi connectivity index (χ3v) is 7.17. The number of fused-ring (bicyclic) bond motifs is 1. The Morgan fingerprint density at radius 3 is 2.31 bits per heavy atom. The Morgan fingerprint density at radius 1 is 0.917 bits per heavy atom. The molecular formula is C29H22Cl3NO3. The molecule has 0 unspecified atom stereocenters. The summed E-state index contributed by atoms with van der Waals surface area (Å²) in [7, 11) is 0. The number of pyridine rings is 1. The highest BCUT2D eigenvalue weighted by molar-refractivity contribution is 6.36. The number of rotatable bonds is 4. The molecule has 1 N–H and O–H groups in total. The maximum absolute atomic E-state index is 12.1. The van der Waals surface area contributed by atoms with Crippen LogP contribution in [-0.2, 0) is 0 Å². The van der Waals surface area contributed by atoms with Crippen LogP contribution in [-0.4, -0.2) is 21.7 Å². The van der Waals surface area contributed by atoms with Gasteiger partial charge in [-0.05, 0) is 73.9 Å². The molecule has 0 amide bonds. The van der Waals surface area contributed by atoms with Crippen molar-refractivity contribution in [2.45, 2.75) is 31.8 Å². The molecule has 0 spiro atoms. The summed E-state index contributed by atoms with van der Waals surface area (Å²) in [4.78, 5) is 17.1. The molecule has 4 aromatic rings. The molecule has 2 heterocycles. The van der Waals surface area contributed by atoms with Crippen LogP contribution in [0.4, 0.5) is 0 Å². The van der Waals surface area contributed by atoms with Crippen molar-refractivity contribution in [2.75, 3.05) is 0 Å². The van der Waals surface area contributed by atoms with Crippen LogP contribution in [0, 0.1) is 0 Å². The molecule has 0 saturated heterocycles. The number of ether oxygens (including phenoxy) is 1. The smallest absolute Gasteiger partial charge is 0.335 e. The van der Waals surface area contributed by atoms with Gasteiger partial charge >= 0.3 is 5.97 Å². The Balaban J connectivity index is 1.80. The number of hydrogen-bond acceptors (Lipinski definition) is 3. The summed E-state index contributed by atoms with van der Waals surface area (Å²) in [5.74, 6) is -0.744. The van der Waals surface area contributed by atoms with E-state index in [1.807, 2.05) is 62.4 Å². The Kier molecular flexibility index (Phi) is 6.46. The number of carbonyl (C=O) groups is 1. The molecule has 4 nitrogen and oxygen atoms in total. The maximum Gasteiger partial charge on any atom is 0.335 e. The molecule has 1 aliphatic rings. The van der Waals surface area contributed by atoms with Crippen LogP contribution in [0.2, 0.25) is 15.1 Å². The molecule has 1 aliphatic heterocycles. The van der Waals surface area contributed by atoms with Crippen molar-refractivity contribution in [3.63, 3.8) is 0 Å². The quantitative estimate of drug-likeness (QED) is 0.282. The van der Waals surface area contributed by atoms with Crippen LogP contribution >= 0.6 is 34.8 Å². The van der Waals surface area contributed by atoms with Crippen molar-refractivity contribution >= 4 is 40.8 Å². The Morgan fingerprint density at radius 2 is 1.61 bits per heavy atom. The number of carboxylic acid groups (broad SMARTS) is 1. The second kappa shape index (κ2) is 9.44. The molecule has 0 bridgehead atoms. The van der Waals surface area contributed by atoms with Gasteiger partial charge in [0.2, 0.25) is 5.88 Å². The summed E-state index contributed by atoms with van der Waals surface area (Å²) in [6, 6.07) is 21.9. The summed E-state index contributed by atoms with van der Waals surface area (Å²) in [6.07, 6.45) is 0.590. The first-order chi connectivity index (χ1) is 17.1. The fourth-order valence-electron chi connectivity index (χ4n) is 4.76. The average Bonchev–Trinajstić information content (AvgIpc) is 2.83. The highest BCUT2D eigenvalue weighted by Gasteiger charge is 2.38. The molecule has 0 fully saturated rings. The highest BCUT2D eigenvalue weighted by Crippen LogP contribution is 2.48. The number of carboxylic acids is 1. The number of hydrogen-bond donors (Lipinski definition) is 1. The van der Waals surface area contributed by atoms with Gasteiger partial charge in [0.15, 0.2) is 0 Å². The van der Waals surface area contributed by atoms with Gasteiger partial charge in [0, 0.05) is 32.7 Å². The van der Waals surface area contributed by atoms with Gasteiger partial charge in [-0.1, -0.05) is 65.1 Å². The Hall–Kier alpha value is -3.05. The molecule has 182 valence electrons. The lowest BCUT2D eigenvalue weighted by atomic mass is 9.78. The van der Waals surface area contributed by atoms with E-state index in [0.717, 1.165) is 22.3 Å². The van der Waals surface area contributed by atoms with Crippen LogP contribution in [0.25, 0.3) is 22.4 Å². The zero-order valence-electron chi connectivity index (χ0n) is 19.6. The van der Waals surface area contributed by atoms with E-state index in [0.29, 0.717) is 38.6 Å². The van der Waals surface area contributed by atoms with Gasteiger partial charge < -0.3 is 9.84 Å². The van der Waals surface area contributed by atoms with Crippen LogP contribution in [0.3, 0.4) is 0 Å². The largest absolute Gasteiger partial charge is 0.478 e. The zero-order chi connectivity index (χ0) is 25.6. The first-order valence-corrected chi connectivity index (χ1v) is 12.5. The summed E-state index contributed by atoms with van der Waals surface area (Å²) in [6.45, 7) is 3.96. The standard InChI is InChI=1S/C29H22Cl3NO3/c1-29(2)15-24(19-5-3-4-6-20(19)28(34)35)23-14-22(16-7-9-17(30)10-8-16)26(33-27(23)36-29)21-12-11-18(31)13-25(21)32/h3-14,24H,15H2,1-2H3,(H,34,35)/t24-/m0/s1. The van der Waals surface area contributed by atoms with E-state index in [-0.39, 0.29) is 11.5 Å². The predicted molar refractivity (Wildman–Crippen MR) is 145 cm³/mol. The third-order valence-electron chi connectivity index (χ3n) is 6.37. The van der Waals surface area contributed by atoms with Crippen molar-refractivity contribution in [1.82, 2.24) is 4.98 Å². The molecule has 1 atom stereocenters. The van der Waals surface area contributed by atoms with Gasteiger partial charge in [-0.25, -0.2) is 9.78 Å². The number of aromatic carboxylic acids is 1. The SMILES string of the molecule is CC1(C)C[C@@H](c2ccccc2C(=O)O)c2cc(-c3ccc(Cl)cc3)c(-c3ccc(Cl)cc3Cl)nc2O1. The van der Waals surface area contributed by atoms with E-state index >= 15 is 0 Å². The van der Waals surface area contributed by atoms with Crippen LogP contribution in [0.15, 0.2) is 72.8 Å². The lowest BCUT2D eigenvalue weighted by Gasteiger charge is -2.38. The summed E-state index contributed by atoms with van der Waals surface area (Å²) in [5.41, 5.74) is 4.32. The van der Waals surface area contributed by atoms with Gasteiger partial charge in [0.1, 0.15) is 5.60 Å². The molecule has 5 rings (SSSR count). The maximum atomic E-state index is 12.1. The lowest BCUT2D eigenvalue weighted by Crippen LogP contribution is -2.36. The monoisotopic (exact) mass is 537 g/mol. The number of benzene rings is 3. The molecule has 0 aliphatic carbocycles. The average molecular weight is 539 g/mol. The summed E-state index contributed by atoms with van der Waals surface area (Å²) >= 11 is 19.0. The number of aromatic nitrogens is 1. The van der Waals surface area contributed by atoms with E-state index < -0.39 is 11.6 Å². The minimum absolute atomic E-state index is 0.232. The normalized spacial score (nSPS) is 16.2. The molecule has 0 saturated carbocycles. The molecule has 36 heavy (non-hydrogen) atoms. The van der Waals surface area contributed by atoms with E-state index in [2.05, 4.69) is 0 Å². The fraction of sp³-hybridized carbons (Fsp3) is 0.172. The number of nitrogens with zero attached hydrogens (tertiary/aromatic N) is 1. The summed E-state index contributed by atoms with van der Waals surface area (Å²) < 4.78 is 6.36. The molecule has 1 aromatic heterocycles. The molecule has 0 radical (unpaired) electrons. The second-order valence-corrected chi connectivity index (χ2v) is 10.7. The second-order valence-electron chi connectivity index (χ2n) is 9.42. The van der Waals surface area contributed by atoms with Crippen LogP contribution in [0.1, 0.15) is 47.7 Å². The topological polar surface area (TPSA) is 59.4 Å². The Labute approximate surface area is 224 Å².